The van der Waals surface area contributed by atoms with Crippen LogP contribution < -0.4 is 10.1 Å². The number of piperazine rings is 1. The van der Waals surface area contributed by atoms with E-state index in [9.17, 15) is 18.3 Å². The van der Waals surface area contributed by atoms with Gasteiger partial charge in [-0.1, -0.05) is 19.3 Å². The zero-order chi connectivity index (χ0) is 17.9. The van der Waals surface area contributed by atoms with Crippen molar-refractivity contribution in [3.8, 4) is 11.5 Å². The SMILES string of the molecule is Cl.Oc1ccc(OC(F)(F)F)cc1[C@H](C1CCCCC1)N1CCNCC1. The lowest BCUT2D eigenvalue weighted by Gasteiger charge is -2.41. The normalized spacial score (nSPS) is 21.0. The second-order valence-corrected chi connectivity index (χ2v) is 6.90. The average molecular weight is 395 g/mol. The van der Waals surface area contributed by atoms with Gasteiger partial charge in [0.1, 0.15) is 11.5 Å². The number of alkyl halides is 3. The molecule has 1 aromatic rings. The molecule has 0 bridgehead atoms. The molecule has 2 fully saturated rings. The molecule has 4 nitrogen and oxygen atoms in total. The minimum Gasteiger partial charge on any atom is -0.508 e. The molecule has 0 aromatic heterocycles. The Kier molecular flexibility index (Phi) is 7.43. The molecule has 1 saturated carbocycles. The van der Waals surface area contributed by atoms with Crippen LogP contribution in [0.4, 0.5) is 13.2 Å². The Bertz CT molecular complexity index is 556. The molecule has 1 aliphatic heterocycles. The van der Waals surface area contributed by atoms with E-state index in [1.807, 2.05) is 0 Å². The van der Waals surface area contributed by atoms with Crippen molar-refractivity contribution < 1.29 is 23.0 Å². The molecular formula is C18H26ClF3N2O2. The minimum absolute atomic E-state index is 0. The summed E-state index contributed by atoms with van der Waals surface area (Å²) in [5.41, 5.74) is 0.551. The van der Waals surface area contributed by atoms with Gasteiger partial charge in [0.25, 0.3) is 0 Å². The molecule has 0 spiro atoms. The molecule has 2 N–H and O–H groups in total. The fourth-order valence-electron chi connectivity index (χ4n) is 4.13. The maximum Gasteiger partial charge on any atom is 0.573 e. The van der Waals surface area contributed by atoms with Crippen LogP contribution in [0, 0.1) is 5.92 Å². The highest BCUT2D eigenvalue weighted by Crippen LogP contribution is 2.43. The quantitative estimate of drug-likeness (QED) is 0.801. The number of benzene rings is 1. The van der Waals surface area contributed by atoms with E-state index >= 15 is 0 Å². The first-order valence-corrected chi connectivity index (χ1v) is 8.97. The third kappa shape index (κ3) is 5.41. The number of nitrogens with one attached hydrogen (secondary N) is 1. The average Bonchev–Trinajstić information content (AvgIpc) is 2.59. The van der Waals surface area contributed by atoms with E-state index in [0.29, 0.717) is 11.5 Å². The Hall–Kier alpha value is -1.18. The van der Waals surface area contributed by atoms with Gasteiger partial charge < -0.3 is 15.2 Å². The summed E-state index contributed by atoms with van der Waals surface area (Å²) >= 11 is 0. The van der Waals surface area contributed by atoms with Crippen LogP contribution in [0.3, 0.4) is 0 Å². The van der Waals surface area contributed by atoms with Gasteiger partial charge in [0.2, 0.25) is 0 Å². The zero-order valence-electron chi connectivity index (χ0n) is 14.6. The lowest BCUT2D eigenvalue weighted by molar-refractivity contribution is -0.274. The summed E-state index contributed by atoms with van der Waals surface area (Å²) in [6.45, 7) is 3.35. The summed E-state index contributed by atoms with van der Waals surface area (Å²) in [4.78, 5) is 2.29. The summed E-state index contributed by atoms with van der Waals surface area (Å²) in [5, 5.41) is 13.7. The van der Waals surface area contributed by atoms with E-state index in [-0.39, 0.29) is 29.9 Å². The van der Waals surface area contributed by atoms with Crippen LogP contribution in [0.25, 0.3) is 0 Å². The number of phenolic OH excluding ortho intramolecular Hbond substituents is 1. The molecule has 3 rings (SSSR count). The molecule has 1 atom stereocenters. The smallest absolute Gasteiger partial charge is 0.508 e. The highest BCUT2D eigenvalue weighted by Gasteiger charge is 2.35. The Morgan fingerprint density at radius 3 is 2.38 bits per heavy atom. The first-order chi connectivity index (χ1) is 11.9. The van der Waals surface area contributed by atoms with Gasteiger partial charge in [-0.05, 0) is 37.0 Å². The topological polar surface area (TPSA) is 44.7 Å². The van der Waals surface area contributed by atoms with E-state index in [0.717, 1.165) is 51.9 Å². The predicted molar refractivity (Wildman–Crippen MR) is 95.8 cm³/mol. The zero-order valence-corrected chi connectivity index (χ0v) is 15.4. The monoisotopic (exact) mass is 394 g/mol. The summed E-state index contributed by atoms with van der Waals surface area (Å²) in [5.74, 6) is 0.124. The van der Waals surface area contributed by atoms with E-state index < -0.39 is 6.36 Å². The molecule has 1 aliphatic carbocycles. The minimum atomic E-state index is -4.73. The molecule has 1 heterocycles. The fraction of sp³-hybridized carbons (Fsp3) is 0.667. The Balaban J connectivity index is 0.00000243. The van der Waals surface area contributed by atoms with E-state index in [1.165, 1.54) is 24.6 Å². The van der Waals surface area contributed by atoms with E-state index in [4.69, 9.17) is 0 Å². The molecule has 0 unspecified atom stereocenters. The highest BCUT2D eigenvalue weighted by molar-refractivity contribution is 5.85. The molecule has 8 heteroatoms. The van der Waals surface area contributed by atoms with Crippen molar-refractivity contribution in [1.82, 2.24) is 10.2 Å². The third-order valence-corrected chi connectivity index (χ3v) is 5.19. The van der Waals surface area contributed by atoms with Crippen molar-refractivity contribution >= 4 is 12.4 Å². The summed E-state index contributed by atoms with van der Waals surface area (Å²) in [7, 11) is 0. The van der Waals surface area contributed by atoms with Crippen LogP contribution in [0.15, 0.2) is 18.2 Å². The van der Waals surface area contributed by atoms with E-state index in [2.05, 4.69) is 15.0 Å². The Morgan fingerprint density at radius 1 is 1.12 bits per heavy atom. The molecule has 26 heavy (non-hydrogen) atoms. The van der Waals surface area contributed by atoms with Crippen LogP contribution in [-0.2, 0) is 0 Å². The second-order valence-electron chi connectivity index (χ2n) is 6.90. The molecule has 0 amide bonds. The largest absolute Gasteiger partial charge is 0.573 e. The van der Waals surface area contributed by atoms with Gasteiger partial charge in [-0.3, -0.25) is 4.90 Å². The molecular weight excluding hydrogens is 369 g/mol. The van der Waals surface area contributed by atoms with Crippen LogP contribution in [0.5, 0.6) is 11.5 Å². The molecule has 0 radical (unpaired) electrons. The van der Waals surface area contributed by atoms with Crippen LogP contribution >= 0.6 is 12.4 Å². The number of rotatable bonds is 4. The maximum absolute atomic E-state index is 12.6. The lowest BCUT2D eigenvalue weighted by Crippen LogP contribution is -2.47. The van der Waals surface area contributed by atoms with Crippen LogP contribution in [0.1, 0.15) is 43.7 Å². The van der Waals surface area contributed by atoms with Gasteiger partial charge in [0, 0.05) is 37.8 Å². The molecule has 1 aromatic carbocycles. The van der Waals surface area contributed by atoms with Crippen molar-refractivity contribution in [2.75, 3.05) is 26.2 Å². The van der Waals surface area contributed by atoms with Crippen LogP contribution in [-0.4, -0.2) is 42.5 Å². The van der Waals surface area contributed by atoms with Gasteiger partial charge in [-0.2, -0.15) is 0 Å². The van der Waals surface area contributed by atoms with Gasteiger partial charge in [-0.15, -0.1) is 25.6 Å². The summed E-state index contributed by atoms with van der Waals surface area (Å²) in [6, 6.07) is 3.78. The standard InChI is InChI=1S/C18H25F3N2O2.ClH/c19-18(20,21)25-14-6-7-16(24)15(12-14)17(13-4-2-1-3-5-13)23-10-8-22-9-11-23;/h6-7,12-13,17,22,24H,1-5,8-11H2;1H/t17-;/m0./s1. The van der Waals surface area contributed by atoms with Crippen LogP contribution in [0.2, 0.25) is 0 Å². The number of ether oxygens (including phenoxy) is 1. The van der Waals surface area contributed by atoms with Crippen molar-refractivity contribution in [3.05, 3.63) is 23.8 Å². The van der Waals surface area contributed by atoms with Gasteiger partial charge in [0.05, 0.1) is 0 Å². The molecule has 1 saturated heterocycles. The second kappa shape index (κ2) is 9.15. The summed E-state index contributed by atoms with van der Waals surface area (Å²) in [6.07, 6.45) is 0.813. The van der Waals surface area contributed by atoms with Gasteiger partial charge >= 0.3 is 6.36 Å². The number of hydrogen-bond acceptors (Lipinski definition) is 4. The van der Waals surface area contributed by atoms with Crippen molar-refractivity contribution in [1.29, 1.82) is 0 Å². The fourth-order valence-corrected chi connectivity index (χ4v) is 4.13. The Morgan fingerprint density at radius 2 is 1.77 bits per heavy atom. The highest BCUT2D eigenvalue weighted by atomic mass is 35.5. The predicted octanol–water partition coefficient (Wildman–Crippen LogP) is 4.24. The lowest BCUT2D eigenvalue weighted by atomic mass is 9.80. The number of nitrogens with zero attached hydrogens (tertiary/aromatic N) is 1. The summed E-state index contributed by atoms with van der Waals surface area (Å²) < 4.78 is 41.8. The van der Waals surface area contributed by atoms with Crippen molar-refractivity contribution in [2.45, 2.75) is 44.5 Å². The maximum atomic E-state index is 12.6. The van der Waals surface area contributed by atoms with Gasteiger partial charge in [-0.25, -0.2) is 0 Å². The first kappa shape index (κ1) is 21.1. The molecule has 2 aliphatic rings. The number of aromatic hydroxyl groups is 1. The number of halogens is 4. The van der Waals surface area contributed by atoms with Crippen molar-refractivity contribution in [3.63, 3.8) is 0 Å². The number of hydrogen-bond donors (Lipinski definition) is 2. The third-order valence-electron chi connectivity index (χ3n) is 5.19. The number of phenols is 1. The van der Waals surface area contributed by atoms with E-state index in [1.54, 1.807) is 0 Å². The van der Waals surface area contributed by atoms with Gasteiger partial charge in [0.15, 0.2) is 0 Å². The van der Waals surface area contributed by atoms with Crippen molar-refractivity contribution in [2.24, 2.45) is 5.92 Å². The molecule has 148 valence electrons. The Labute approximate surface area is 158 Å². The first-order valence-electron chi connectivity index (χ1n) is 8.97.